The van der Waals surface area contributed by atoms with Gasteiger partial charge in [0.15, 0.2) is 0 Å². The zero-order valence-corrected chi connectivity index (χ0v) is 29.1. The van der Waals surface area contributed by atoms with Gasteiger partial charge in [-0.3, -0.25) is 4.99 Å². The standard InChI is InChI=1S/C37H50N4O8/c1-5-43-19-22-48-37-27-40-32-10-7-29(3)25-35(32)46-17-14-41(33-11-8-30(38)26-36(33)47-21-18-42-4)13-16-45-34-24-28(2)6-9-31(34)39-12-15-44-20-23-49-37/h6-12,24-27,40H,5,13-23,38H2,1-4H3/b37-27+,39-12?. The summed E-state index contributed by atoms with van der Waals surface area (Å²) in [7, 11) is 1.64. The minimum atomic E-state index is 0.282. The van der Waals surface area contributed by atoms with Crippen molar-refractivity contribution in [2.24, 2.45) is 4.99 Å². The Bertz CT molecular complexity index is 1500. The van der Waals surface area contributed by atoms with Crippen LogP contribution in [0.15, 0.2) is 71.7 Å². The van der Waals surface area contributed by atoms with Crippen molar-refractivity contribution >= 4 is 29.0 Å². The number of nitrogens with zero attached hydrogens (tertiary/aromatic N) is 2. The van der Waals surface area contributed by atoms with E-state index in [2.05, 4.69) is 15.2 Å². The highest BCUT2D eigenvalue weighted by molar-refractivity contribution is 5.68. The molecule has 0 atom stereocenters. The second kappa shape index (κ2) is 20.7. The van der Waals surface area contributed by atoms with Crippen LogP contribution in [0.4, 0.5) is 22.7 Å². The van der Waals surface area contributed by atoms with Crippen molar-refractivity contribution in [3.8, 4) is 17.2 Å². The maximum absolute atomic E-state index is 6.40. The van der Waals surface area contributed by atoms with Gasteiger partial charge in [0.25, 0.3) is 5.95 Å². The summed E-state index contributed by atoms with van der Waals surface area (Å²) in [4.78, 5) is 6.79. The Morgan fingerprint density at radius 3 is 2.37 bits per heavy atom. The molecule has 3 aromatic rings. The highest BCUT2D eigenvalue weighted by atomic mass is 16.7. The maximum atomic E-state index is 6.40. The number of rotatable bonds is 10. The number of hydrogen-bond acceptors (Lipinski definition) is 12. The lowest BCUT2D eigenvalue weighted by molar-refractivity contribution is -0.00919. The average molecular weight is 679 g/mol. The van der Waals surface area contributed by atoms with E-state index in [9.17, 15) is 0 Å². The van der Waals surface area contributed by atoms with Crippen LogP contribution in [0.2, 0.25) is 0 Å². The van der Waals surface area contributed by atoms with Gasteiger partial charge in [0.2, 0.25) is 0 Å². The third-order valence-corrected chi connectivity index (χ3v) is 7.28. The van der Waals surface area contributed by atoms with Crippen molar-refractivity contribution in [2.45, 2.75) is 20.8 Å². The third kappa shape index (κ3) is 12.7. The van der Waals surface area contributed by atoms with Gasteiger partial charge in [-0.05, 0) is 68.3 Å². The quantitative estimate of drug-likeness (QED) is 0.197. The molecule has 0 spiro atoms. The van der Waals surface area contributed by atoms with Crippen molar-refractivity contribution in [1.82, 2.24) is 0 Å². The number of ether oxygens (including phenoxy) is 8. The predicted molar refractivity (Wildman–Crippen MR) is 193 cm³/mol. The molecule has 0 saturated carbocycles. The summed E-state index contributed by atoms with van der Waals surface area (Å²) in [5.74, 6) is 2.34. The van der Waals surface area contributed by atoms with Gasteiger partial charge >= 0.3 is 0 Å². The van der Waals surface area contributed by atoms with Gasteiger partial charge in [-0.2, -0.15) is 0 Å². The highest BCUT2D eigenvalue weighted by Gasteiger charge is 2.16. The molecule has 0 aromatic heterocycles. The van der Waals surface area contributed by atoms with E-state index in [-0.39, 0.29) is 6.61 Å². The van der Waals surface area contributed by atoms with Gasteiger partial charge in [0.05, 0.1) is 57.1 Å². The van der Waals surface area contributed by atoms with Crippen molar-refractivity contribution in [3.05, 3.63) is 77.9 Å². The second-order valence-corrected chi connectivity index (χ2v) is 11.1. The Morgan fingerprint density at radius 1 is 0.816 bits per heavy atom. The molecule has 0 aliphatic carbocycles. The lowest BCUT2D eigenvalue weighted by Gasteiger charge is -2.27. The molecule has 0 radical (unpaired) electrons. The molecule has 1 aliphatic rings. The fraction of sp³-hybridized carbons (Fsp3) is 0.432. The first kappa shape index (κ1) is 37.2. The maximum Gasteiger partial charge on any atom is 0.296 e. The monoisotopic (exact) mass is 678 g/mol. The summed E-state index contributed by atoms with van der Waals surface area (Å²) >= 11 is 0. The van der Waals surface area contributed by atoms with Crippen LogP contribution in [0.25, 0.3) is 0 Å². The smallest absolute Gasteiger partial charge is 0.296 e. The van der Waals surface area contributed by atoms with Gasteiger partial charge < -0.3 is 53.8 Å². The van der Waals surface area contributed by atoms with E-state index < -0.39 is 0 Å². The minimum absolute atomic E-state index is 0.282. The molecule has 0 fully saturated rings. The molecule has 266 valence electrons. The number of fused-ring (bicyclic) bond motifs is 2. The second-order valence-electron chi connectivity index (χ2n) is 11.1. The Kier molecular flexibility index (Phi) is 15.7. The molecule has 3 aromatic carbocycles. The van der Waals surface area contributed by atoms with Crippen LogP contribution in [0, 0.1) is 13.8 Å². The summed E-state index contributed by atoms with van der Waals surface area (Å²) in [6.07, 6.45) is 3.39. The summed E-state index contributed by atoms with van der Waals surface area (Å²) < 4.78 is 47.0. The van der Waals surface area contributed by atoms with Crippen LogP contribution < -0.4 is 30.2 Å². The SMILES string of the molecule is CCOCCO/C1=C\Nc2ccc(C)cc2OCCN(c2ccc(N)cc2OCCOC)CCOc2cc(C)ccc2N=CCOCCO1. The third-order valence-electron chi connectivity index (χ3n) is 7.28. The molecule has 0 amide bonds. The number of methoxy groups -OCH3 is 1. The molecule has 4 rings (SSSR count). The number of benzene rings is 3. The van der Waals surface area contributed by atoms with Crippen molar-refractivity contribution in [1.29, 1.82) is 0 Å². The topological polar surface area (TPSA) is 127 Å². The molecule has 12 heteroatoms. The molecule has 3 N–H and O–H groups in total. The molecular formula is C37H50N4O8. The van der Waals surface area contributed by atoms with Crippen LogP contribution in [0.5, 0.6) is 17.2 Å². The van der Waals surface area contributed by atoms with Gasteiger partial charge in [-0.1, -0.05) is 12.1 Å². The van der Waals surface area contributed by atoms with Crippen LogP contribution in [0.3, 0.4) is 0 Å². The molecule has 49 heavy (non-hydrogen) atoms. The van der Waals surface area contributed by atoms with E-state index in [0.29, 0.717) is 107 Å². The van der Waals surface area contributed by atoms with E-state index in [1.54, 1.807) is 19.5 Å². The normalized spacial score (nSPS) is 15.8. The van der Waals surface area contributed by atoms with E-state index >= 15 is 0 Å². The minimum Gasteiger partial charge on any atom is -0.490 e. The number of aliphatic imine (C=N–C) groups is 1. The lowest BCUT2D eigenvalue weighted by Crippen LogP contribution is -2.33. The summed E-state index contributed by atoms with van der Waals surface area (Å²) in [6.45, 7) is 11.0. The summed E-state index contributed by atoms with van der Waals surface area (Å²) in [5.41, 5.74) is 11.2. The van der Waals surface area contributed by atoms with E-state index in [4.69, 9.17) is 43.6 Å². The predicted octanol–water partition coefficient (Wildman–Crippen LogP) is 5.89. The number of hydrogen-bond donors (Lipinski definition) is 2. The molecule has 1 heterocycles. The van der Waals surface area contributed by atoms with Crippen molar-refractivity contribution in [3.63, 3.8) is 0 Å². The number of nitrogens with two attached hydrogens (primary N) is 1. The van der Waals surface area contributed by atoms with Gasteiger partial charge in [-0.25, -0.2) is 0 Å². The highest BCUT2D eigenvalue weighted by Crippen LogP contribution is 2.32. The zero-order valence-electron chi connectivity index (χ0n) is 29.1. The Labute approximate surface area is 289 Å². The Balaban J connectivity index is 1.61. The van der Waals surface area contributed by atoms with Crippen LogP contribution in [0.1, 0.15) is 18.1 Å². The summed E-state index contributed by atoms with van der Waals surface area (Å²) in [6, 6.07) is 17.5. The van der Waals surface area contributed by atoms with E-state index in [0.717, 1.165) is 22.5 Å². The number of aryl methyl sites for hydroxylation is 2. The first-order valence-electron chi connectivity index (χ1n) is 16.6. The Hall–Kier alpha value is -4.65. The Morgan fingerprint density at radius 2 is 1.57 bits per heavy atom. The lowest BCUT2D eigenvalue weighted by atomic mass is 10.2. The molecule has 0 unspecified atom stereocenters. The van der Waals surface area contributed by atoms with Gasteiger partial charge in [-0.15, -0.1) is 0 Å². The van der Waals surface area contributed by atoms with Crippen LogP contribution >= 0.6 is 0 Å². The summed E-state index contributed by atoms with van der Waals surface area (Å²) in [5, 5.41) is 3.29. The van der Waals surface area contributed by atoms with Gasteiger partial charge in [0, 0.05) is 31.7 Å². The fourth-order valence-corrected chi connectivity index (χ4v) is 4.82. The number of nitrogen functional groups attached to an aromatic ring is 1. The largest absolute Gasteiger partial charge is 0.490 e. The molecular weight excluding hydrogens is 628 g/mol. The molecule has 1 aliphatic heterocycles. The first-order valence-corrected chi connectivity index (χ1v) is 16.6. The average Bonchev–Trinajstić information content (AvgIpc) is 3.09. The van der Waals surface area contributed by atoms with Crippen molar-refractivity contribution in [2.75, 3.05) is 102 Å². The van der Waals surface area contributed by atoms with E-state index in [1.165, 1.54) is 0 Å². The molecule has 0 bridgehead atoms. The van der Waals surface area contributed by atoms with E-state index in [1.807, 2.05) is 75.4 Å². The van der Waals surface area contributed by atoms with Crippen LogP contribution in [-0.4, -0.2) is 92.5 Å². The van der Waals surface area contributed by atoms with Crippen LogP contribution in [-0.2, 0) is 23.7 Å². The van der Waals surface area contributed by atoms with Crippen molar-refractivity contribution < 1.29 is 37.9 Å². The zero-order chi connectivity index (χ0) is 34.7. The first-order chi connectivity index (χ1) is 24.0. The fourth-order valence-electron chi connectivity index (χ4n) is 4.82. The number of nitrogens with one attached hydrogen (secondary N) is 1. The molecule has 12 nitrogen and oxygen atoms in total. The molecule has 0 saturated heterocycles. The number of anilines is 3. The van der Waals surface area contributed by atoms with Gasteiger partial charge in [0.1, 0.15) is 56.0 Å².